The highest BCUT2D eigenvalue weighted by Gasteiger charge is 2.42. The summed E-state index contributed by atoms with van der Waals surface area (Å²) in [6.45, 7) is 14.1. The van der Waals surface area contributed by atoms with Crippen molar-refractivity contribution in [2.24, 2.45) is 5.92 Å². The van der Waals surface area contributed by atoms with Gasteiger partial charge in [0, 0.05) is 6.61 Å². The first-order valence-electron chi connectivity index (χ1n) is 5.65. The zero-order valence-electron chi connectivity index (χ0n) is 10.9. The summed E-state index contributed by atoms with van der Waals surface area (Å²) in [5.41, 5.74) is 0. The van der Waals surface area contributed by atoms with Crippen LogP contribution >= 0.6 is 0 Å². The van der Waals surface area contributed by atoms with Gasteiger partial charge in [0.05, 0.1) is 6.33 Å². The van der Waals surface area contributed by atoms with Crippen molar-refractivity contribution in [3.05, 3.63) is 12.4 Å². The van der Waals surface area contributed by atoms with Crippen molar-refractivity contribution >= 4 is 8.32 Å². The molecule has 3 heteroatoms. The molecule has 90 valence electrons. The summed E-state index contributed by atoms with van der Waals surface area (Å²) < 4.78 is 17.7. The molecule has 0 bridgehead atoms. The van der Waals surface area contributed by atoms with Crippen molar-refractivity contribution in [3.8, 4) is 0 Å². The quantitative estimate of drug-likeness (QED) is 0.483. The maximum atomic E-state index is 11.8. The van der Waals surface area contributed by atoms with Crippen LogP contribution in [0, 0.1) is 5.92 Å². The van der Waals surface area contributed by atoms with Crippen molar-refractivity contribution in [2.45, 2.75) is 52.2 Å². The molecular weight excluding hydrogens is 207 g/mol. The largest absolute Gasteiger partial charge is 0.416 e. The Balaban J connectivity index is 4.28. The Morgan fingerprint density at radius 3 is 2.27 bits per heavy atom. The molecule has 0 aliphatic heterocycles. The summed E-state index contributed by atoms with van der Waals surface area (Å²) in [6, 6.07) is 0. The van der Waals surface area contributed by atoms with Gasteiger partial charge >= 0.3 is 0 Å². The summed E-state index contributed by atoms with van der Waals surface area (Å²) >= 11 is 0. The predicted molar refractivity (Wildman–Crippen MR) is 67.2 cm³/mol. The Kier molecular flexibility index (Phi) is 5.74. The lowest BCUT2D eigenvalue weighted by Gasteiger charge is -2.42. The van der Waals surface area contributed by atoms with Gasteiger partial charge in [-0.05, 0) is 30.5 Å². The first kappa shape index (κ1) is 14.8. The summed E-state index contributed by atoms with van der Waals surface area (Å²) in [4.78, 5) is 0. The van der Waals surface area contributed by atoms with Crippen LogP contribution in [0.2, 0.25) is 18.1 Å². The van der Waals surface area contributed by atoms with Gasteiger partial charge in [-0.3, -0.25) is 0 Å². The third-order valence-corrected chi connectivity index (χ3v) is 8.44. The minimum absolute atomic E-state index is 0.242. The molecule has 0 radical (unpaired) electrons. The van der Waals surface area contributed by atoms with Crippen LogP contribution in [0.3, 0.4) is 0 Å². The van der Waals surface area contributed by atoms with Crippen LogP contribution in [0.4, 0.5) is 4.39 Å². The van der Waals surface area contributed by atoms with Gasteiger partial charge < -0.3 is 4.43 Å². The predicted octanol–water partition coefficient (Wildman–Crippen LogP) is 4.52. The molecule has 0 atom stereocenters. The molecule has 0 aromatic rings. The van der Waals surface area contributed by atoms with Gasteiger partial charge in [-0.25, -0.2) is 4.39 Å². The van der Waals surface area contributed by atoms with Gasteiger partial charge in [-0.2, -0.15) is 0 Å². The fraction of sp³-hybridized carbons (Fsp3) is 0.833. The van der Waals surface area contributed by atoms with E-state index >= 15 is 0 Å². The molecule has 1 nitrogen and oxygen atoms in total. The molecule has 0 spiro atoms. The number of hydrogen-bond donors (Lipinski definition) is 0. The zero-order chi connectivity index (χ0) is 12.1. The second kappa shape index (κ2) is 5.80. The molecule has 0 amide bonds. The van der Waals surface area contributed by atoms with Gasteiger partial charge in [0.1, 0.15) is 0 Å². The average molecular weight is 232 g/mol. The summed E-state index contributed by atoms with van der Waals surface area (Å²) in [5, 5.41) is 0.242. The van der Waals surface area contributed by atoms with Crippen LogP contribution < -0.4 is 0 Å². The highest BCUT2D eigenvalue weighted by Crippen LogP contribution is 2.44. The van der Waals surface area contributed by atoms with Gasteiger partial charge in [0.2, 0.25) is 0 Å². The molecule has 0 aliphatic carbocycles. The van der Waals surface area contributed by atoms with Crippen LogP contribution in [0.1, 0.15) is 34.1 Å². The first-order chi connectivity index (χ1) is 6.75. The third kappa shape index (κ3) is 4.07. The van der Waals surface area contributed by atoms with E-state index in [9.17, 15) is 4.39 Å². The highest BCUT2D eigenvalue weighted by atomic mass is 28.4. The van der Waals surface area contributed by atoms with Gasteiger partial charge in [-0.15, -0.1) is 0 Å². The van der Waals surface area contributed by atoms with Crippen molar-refractivity contribution in [2.75, 3.05) is 6.61 Å². The Hall–Kier alpha value is -0.153. The monoisotopic (exact) mass is 232 g/mol. The van der Waals surface area contributed by atoms with E-state index in [4.69, 9.17) is 4.43 Å². The maximum Gasteiger partial charge on any atom is 0.192 e. The molecule has 0 fully saturated rings. The molecule has 0 heterocycles. The second-order valence-corrected chi connectivity index (χ2v) is 9.98. The first-order valence-corrected chi connectivity index (χ1v) is 8.55. The molecule has 15 heavy (non-hydrogen) atoms. The molecule has 0 aromatic heterocycles. The SMILES string of the molecule is CC(C)C(C)(C)[Si](C)(C)OCCC=CF. The van der Waals surface area contributed by atoms with E-state index in [0.717, 1.165) is 0 Å². The van der Waals surface area contributed by atoms with E-state index in [1.807, 2.05) is 0 Å². The Labute approximate surface area is 94.8 Å². The lowest BCUT2D eigenvalue weighted by molar-refractivity contribution is 0.272. The minimum Gasteiger partial charge on any atom is -0.416 e. The van der Waals surface area contributed by atoms with Crippen molar-refractivity contribution in [1.29, 1.82) is 0 Å². The maximum absolute atomic E-state index is 11.8. The van der Waals surface area contributed by atoms with Gasteiger partial charge in [0.25, 0.3) is 0 Å². The second-order valence-electron chi connectivity index (χ2n) is 5.39. The van der Waals surface area contributed by atoms with Crippen molar-refractivity contribution in [1.82, 2.24) is 0 Å². The van der Waals surface area contributed by atoms with Crippen LogP contribution in [0.5, 0.6) is 0 Å². The highest BCUT2D eigenvalue weighted by molar-refractivity contribution is 6.74. The average Bonchev–Trinajstić information content (AvgIpc) is 2.12. The van der Waals surface area contributed by atoms with Gasteiger partial charge in [-0.1, -0.05) is 33.8 Å². The van der Waals surface area contributed by atoms with Crippen LogP contribution in [0.15, 0.2) is 12.4 Å². The molecule has 0 unspecified atom stereocenters. The van der Waals surface area contributed by atoms with E-state index in [2.05, 4.69) is 40.8 Å². The Morgan fingerprint density at radius 2 is 1.87 bits per heavy atom. The molecule has 0 N–H and O–H groups in total. The Bertz CT molecular complexity index is 210. The summed E-state index contributed by atoms with van der Waals surface area (Å²) in [5.74, 6) is 0.607. The molecule has 0 aromatic carbocycles. The van der Waals surface area contributed by atoms with Crippen LogP contribution in [-0.2, 0) is 4.43 Å². The van der Waals surface area contributed by atoms with Crippen LogP contribution in [0.25, 0.3) is 0 Å². The van der Waals surface area contributed by atoms with E-state index in [1.165, 1.54) is 6.08 Å². The fourth-order valence-electron chi connectivity index (χ4n) is 1.33. The molecule has 0 aliphatic rings. The standard InChI is InChI=1S/C12H25FOSi/c1-11(2)12(3,4)15(5,6)14-10-8-7-9-13/h7,9,11H,8,10H2,1-6H3. The number of hydrogen-bond acceptors (Lipinski definition) is 1. The fourth-order valence-corrected chi connectivity index (χ4v) is 3.72. The lowest BCUT2D eigenvalue weighted by Crippen LogP contribution is -2.45. The lowest BCUT2D eigenvalue weighted by atomic mass is 9.99. The smallest absolute Gasteiger partial charge is 0.192 e. The van der Waals surface area contributed by atoms with E-state index in [1.54, 1.807) is 0 Å². The topological polar surface area (TPSA) is 9.23 Å². The minimum atomic E-state index is -1.70. The molecular formula is C12H25FOSi. The van der Waals surface area contributed by atoms with Crippen LogP contribution in [-0.4, -0.2) is 14.9 Å². The van der Waals surface area contributed by atoms with Crippen molar-refractivity contribution < 1.29 is 8.82 Å². The van der Waals surface area contributed by atoms with Crippen molar-refractivity contribution in [3.63, 3.8) is 0 Å². The summed E-state index contributed by atoms with van der Waals surface area (Å²) in [6.07, 6.45) is 2.76. The zero-order valence-corrected chi connectivity index (χ0v) is 11.9. The van der Waals surface area contributed by atoms with E-state index < -0.39 is 8.32 Å². The Morgan fingerprint density at radius 1 is 1.33 bits per heavy atom. The molecule has 0 rings (SSSR count). The molecule has 0 saturated carbocycles. The van der Waals surface area contributed by atoms with Gasteiger partial charge in [0.15, 0.2) is 8.32 Å². The third-order valence-electron chi connectivity index (χ3n) is 3.83. The van der Waals surface area contributed by atoms with E-state index in [0.29, 0.717) is 25.3 Å². The summed E-state index contributed by atoms with van der Waals surface area (Å²) in [7, 11) is -1.70. The molecule has 0 saturated heterocycles. The number of rotatable bonds is 6. The van der Waals surface area contributed by atoms with E-state index in [-0.39, 0.29) is 5.04 Å². The number of halogens is 1. The normalized spacial score (nSPS) is 14.1.